The van der Waals surface area contributed by atoms with Gasteiger partial charge in [-0.3, -0.25) is 29.9 Å². The Morgan fingerprint density at radius 3 is 2.08 bits per heavy atom. The number of methoxy groups -OCH3 is 3. The summed E-state index contributed by atoms with van der Waals surface area (Å²) in [5.41, 5.74) is 0.824. The number of nitro groups is 2. The van der Waals surface area contributed by atoms with Crippen molar-refractivity contribution >= 4 is 29.6 Å². The second kappa shape index (κ2) is 13.6. The number of nitrogens with one attached hydrogen (secondary N) is 1. The van der Waals surface area contributed by atoms with Gasteiger partial charge in [-0.2, -0.15) is 0 Å². The number of hydrogen-bond donors (Lipinski definition) is 1. The quantitative estimate of drug-likeness (QED) is 0.277. The Kier molecular flexibility index (Phi) is 10.6. The van der Waals surface area contributed by atoms with Crippen molar-refractivity contribution in [2.45, 2.75) is 38.9 Å². The largest absolute Gasteiger partial charge is 0.493 e. The Balaban J connectivity index is 0.000000926. The fourth-order valence-electron chi connectivity index (χ4n) is 4.02. The van der Waals surface area contributed by atoms with Crippen LogP contribution in [0.15, 0.2) is 30.3 Å². The van der Waals surface area contributed by atoms with Crippen molar-refractivity contribution in [2.24, 2.45) is 0 Å². The van der Waals surface area contributed by atoms with E-state index in [1.807, 2.05) is 6.92 Å². The molecule has 14 nitrogen and oxygen atoms in total. The second-order valence-corrected chi connectivity index (χ2v) is 8.11. The second-order valence-electron chi connectivity index (χ2n) is 8.11. The lowest BCUT2D eigenvalue weighted by molar-refractivity contribution is -0.394. The van der Waals surface area contributed by atoms with Gasteiger partial charge in [-0.1, -0.05) is 0 Å². The van der Waals surface area contributed by atoms with Gasteiger partial charge in [0.2, 0.25) is 0 Å². The minimum atomic E-state index is -0.710. The van der Waals surface area contributed by atoms with Crippen LogP contribution in [0.2, 0.25) is 0 Å². The van der Waals surface area contributed by atoms with Crippen LogP contribution in [0.3, 0.4) is 0 Å². The summed E-state index contributed by atoms with van der Waals surface area (Å²) in [5.74, 6) is 0.976. The number of anilines is 1. The number of benzene rings is 2. The summed E-state index contributed by atoms with van der Waals surface area (Å²) in [6, 6.07) is 6.29. The summed E-state index contributed by atoms with van der Waals surface area (Å²) >= 11 is 0. The molecule has 0 radical (unpaired) electrons. The van der Waals surface area contributed by atoms with E-state index < -0.39 is 33.4 Å². The highest BCUT2D eigenvalue weighted by molar-refractivity contribution is 5.71. The molecule has 0 fully saturated rings. The van der Waals surface area contributed by atoms with E-state index >= 15 is 0 Å². The third kappa shape index (κ3) is 7.21. The van der Waals surface area contributed by atoms with Crippen molar-refractivity contribution in [1.82, 2.24) is 4.90 Å². The van der Waals surface area contributed by atoms with E-state index in [9.17, 15) is 29.8 Å². The molecule has 1 amide bonds. The average Bonchev–Trinajstić information content (AvgIpc) is 2.90. The lowest BCUT2D eigenvalue weighted by atomic mass is 9.91. The zero-order chi connectivity index (χ0) is 28.4. The Morgan fingerprint density at radius 1 is 1.05 bits per heavy atom. The predicted octanol–water partition coefficient (Wildman–Crippen LogP) is 4.21. The third-order valence-electron chi connectivity index (χ3n) is 5.65. The molecule has 0 saturated heterocycles. The van der Waals surface area contributed by atoms with E-state index in [0.717, 1.165) is 17.3 Å². The average molecular weight is 535 g/mol. The van der Waals surface area contributed by atoms with Gasteiger partial charge in [0, 0.05) is 35.5 Å². The molecule has 0 saturated carbocycles. The highest BCUT2D eigenvalue weighted by Gasteiger charge is 2.34. The maximum Gasteiger partial charge on any atom is 0.410 e. The molecule has 2 aromatic carbocycles. The van der Waals surface area contributed by atoms with Crippen LogP contribution >= 0.6 is 0 Å². The summed E-state index contributed by atoms with van der Waals surface area (Å²) in [6.07, 6.45) is -0.182. The van der Waals surface area contributed by atoms with Gasteiger partial charge in [-0.15, -0.1) is 0 Å². The van der Waals surface area contributed by atoms with Crippen LogP contribution in [0.5, 0.6) is 11.5 Å². The van der Waals surface area contributed by atoms with Gasteiger partial charge in [0.25, 0.3) is 17.8 Å². The minimum absolute atomic E-state index is 0.0350. The first-order valence-electron chi connectivity index (χ1n) is 11.4. The number of nitro benzene ring substituents is 2. The Hall–Kier alpha value is -4.62. The topological polar surface area (TPSA) is 173 Å². The lowest BCUT2D eigenvalue weighted by Crippen LogP contribution is -2.39. The third-order valence-corrected chi connectivity index (χ3v) is 5.65. The van der Waals surface area contributed by atoms with E-state index in [0.29, 0.717) is 31.0 Å². The molecular weight excluding hydrogens is 504 g/mol. The standard InChI is InChI=1S/C21H24N4O8.C3H6O2/c1-12-5-18(16-9-19(31-2)20(32-3)10-17(16)22-12)23(21(26)33-4)11-13-6-14(24(27)28)8-15(7-13)25(29)30;1-2-5-3-4/h6-10,12,18,22H,5,11H2,1-4H3;3H,2H2,1H3/t12-,18+;/m1./s1. The maximum atomic E-state index is 12.8. The zero-order valence-electron chi connectivity index (χ0n) is 21.7. The fourth-order valence-corrected chi connectivity index (χ4v) is 4.02. The van der Waals surface area contributed by atoms with Gasteiger partial charge in [0.05, 0.1) is 56.4 Å². The molecule has 0 spiro atoms. The van der Waals surface area contributed by atoms with Gasteiger partial charge < -0.3 is 24.3 Å². The molecule has 0 unspecified atom stereocenters. The number of amides is 1. The molecule has 1 N–H and O–H groups in total. The minimum Gasteiger partial charge on any atom is -0.493 e. The Labute approximate surface area is 218 Å². The first-order chi connectivity index (χ1) is 18.1. The van der Waals surface area contributed by atoms with Gasteiger partial charge in [-0.05, 0) is 31.9 Å². The van der Waals surface area contributed by atoms with Crippen LogP contribution in [0.4, 0.5) is 21.9 Å². The van der Waals surface area contributed by atoms with Crippen LogP contribution in [0, 0.1) is 20.2 Å². The molecule has 14 heteroatoms. The van der Waals surface area contributed by atoms with E-state index in [1.165, 1.54) is 38.4 Å². The van der Waals surface area contributed by atoms with E-state index in [2.05, 4.69) is 10.1 Å². The predicted molar refractivity (Wildman–Crippen MR) is 135 cm³/mol. The van der Waals surface area contributed by atoms with Crippen LogP contribution < -0.4 is 14.8 Å². The maximum absolute atomic E-state index is 12.8. The summed E-state index contributed by atoms with van der Waals surface area (Å²) in [6.45, 7) is 4.47. The van der Waals surface area contributed by atoms with Crippen LogP contribution in [0.1, 0.15) is 37.4 Å². The molecule has 38 heavy (non-hydrogen) atoms. The summed E-state index contributed by atoms with van der Waals surface area (Å²) < 4.78 is 19.9. The van der Waals surface area contributed by atoms with Gasteiger partial charge in [0.1, 0.15) is 0 Å². The van der Waals surface area contributed by atoms with Gasteiger partial charge in [-0.25, -0.2) is 4.79 Å². The Morgan fingerprint density at radius 2 is 1.63 bits per heavy atom. The molecular formula is C24H30N4O10. The summed E-state index contributed by atoms with van der Waals surface area (Å²) in [7, 11) is 4.24. The Bertz CT molecular complexity index is 1140. The van der Waals surface area contributed by atoms with Gasteiger partial charge >= 0.3 is 6.09 Å². The highest BCUT2D eigenvalue weighted by Crippen LogP contribution is 2.43. The molecule has 2 aromatic rings. The van der Waals surface area contributed by atoms with Crippen LogP contribution in [0.25, 0.3) is 0 Å². The fraction of sp³-hybridized carbons (Fsp3) is 0.417. The number of non-ortho nitro benzene ring substituents is 2. The lowest BCUT2D eigenvalue weighted by Gasteiger charge is -2.38. The van der Waals surface area contributed by atoms with Gasteiger partial charge in [0.15, 0.2) is 11.5 Å². The summed E-state index contributed by atoms with van der Waals surface area (Å²) in [5, 5.41) is 25.9. The SMILES string of the molecule is CCOC=O.COC(=O)N(Cc1cc([N+](=O)[O-])cc([N+](=O)[O-])c1)[C@H]1C[C@@H](C)Nc2cc(OC)c(OC)cc21. The molecule has 2 atom stereocenters. The first kappa shape index (κ1) is 29.6. The molecule has 0 bridgehead atoms. The zero-order valence-corrected chi connectivity index (χ0v) is 21.7. The van der Waals surface area contributed by atoms with Crippen molar-refractivity contribution < 1.29 is 38.4 Å². The molecule has 3 rings (SSSR count). The number of rotatable bonds is 9. The van der Waals surface area contributed by atoms with Crippen molar-refractivity contribution in [1.29, 1.82) is 0 Å². The van der Waals surface area contributed by atoms with Crippen molar-refractivity contribution in [3.8, 4) is 11.5 Å². The monoisotopic (exact) mass is 534 g/mol. The molecule has 1 heterocycles. The van der Waals surface area contributed by atoms with E-state index in [4.69, 9.17) is 14.2 Å². The van der Waals surface area contributed by atoms with Crippen molar-refractivity contribution in [3.63, 3.8) is 0 Å². The number of nitrogens with zero attached hydrogens (tertiary/aromatic N) is 3. The smallest absolute Gasteiger partial charge is 0.410 e. The highest BCUT2D eigenvalue weighted by atomic mass is 16.6. The van der Waals surface area contributed by atoms with Crippen LogP contribution in [-0.4, -0.2) is 61.3 Å². The number of fused-ring (bicyclic) bond motifs is 1. The number of carbonyl (C=O) groups excluding carboxylic acids is 2. The molecule has 0 aromatic heterocycles. The molecule has 0 aliphatic carbocycles. The number of hydrogen-bond acceptors (Lipinski definition) is 11. The van der Waals surface area contributed by atoms with Crippen molar-refractivity contribution in [3.05, 3.63) is 61.7 Å². The number of ether oxygens (including phenoxy) is 4. The molecule has 1 aliphatic heterocycles. The van der Waals surface area contributed by atoms with Crippen molar-refractivity contribution in [2.75, 3.05) is 33.3 Å². The van der Waals surface area contributed by atoms with Crippen LogP contribution in [-0.2, 0) is 20.8 Å². The normalized spacial score (nSPS) is 15.4. The summed E-state index contributed by atoms with van der Waals surface area (Å²) in [4.78, 5) is 44.5. The number of carbonyl (C=O) groups is 2. The molecule has 1 aliphatic rings. The van der Waals surface area contributed by atoms with E-state index in [1.54, 1.807) is 19.1 Å². The molecule has 206 valence electrons. The first-order valence-corrected chi connectivity index (χ1v) is 11.4. The van der Waals surface area contributed by atoms with E-state index in [-0.39, 0.29) is 18.2 Å².